The van der Waals surface area contributed by atoms with E-state index in [1.54, 1.807) is 13.8 Å². The number of aliphatic carboxylic acids is 1. The molecule has 0 aromatic carbocycles. The van der Waals surface area contributed by atoms with Crippen LogP contribution in [0.15, 0.2) is 0 Å². The first kappa shape index (κ1) is 23.1. The van der Waals surface area contributed by atoms with E-state index in [0.29, 0.717) is 0 Å². The minimum Gasteiger partial charge on any atom is -0.476 e. The Morgan fingerprint density at radius 1 is 1.21 bits per heavy atom. The van der Waals surface area contributed by atoms with Crippen LogP contribution in [0.2, 0.25) is 0 Å². The molecule has 0 heterocycles. The highest BCUT2D eigenvalue weighted by Gasteiger charge is 2.11. The molecule has 19 heavy (non-hydrogen) atoms. The molecule has 0 radical (unpaired) electrons. The third-order valence-electron chi connectivity index (χ3n) is 1.21. The van der Waals surface area contributed by atoms with Crippen molar-refractivity contribution >= 4 is 21.9 Å². The van der Waals surface area contributed by atoms with Crippen molar-refractivity contribution in [2.24, 2.45) is 17.4 Å². The van der Waals surface area contributed by atoms with Gasteiger partial charge in [0.2, 0.25) is 5.78 Å². The third kappa shape index (κ3) is 31.6. The molecule has 0 amide bonds. The molecule has 0 saturated carbocycles. The summed E-state index contributed by atoms with van der Waals surface area (Å²) in [7, 11) is -3.80. The van der Waals surface area contributed by atoms with Crippen LogP contribution in [0.3, 0.4) is 0 Å². The number of carboxylic acids is 1. The summed E-state index contributed by atoms with van der Waals surface area (Å²) >= 11 is 0. The van der Waals surface area contributed by atoms with Gasteiger partial charge in [-0.25, -0.2) is 4.79 Å². The lowest BCUT2D eigenvalue weighted by molar-refractivity contribution is -0.149. The van der Waals surface area contributed by atoms with Gasteiger partial charge in [0.15, 0.2) is 0 Å². The summed E-state index contributed by atoms with van der Waals surface area (Å²) < 4.78 is 27.3. The van der Waals surface area contributed by atoms with E-state index in [9.17, 15) is 18.0 Å². The molecular weight excluding hydrogens is 276 g/mol. The normalized spacial score (nSPS) is 9.84. The predicted molar refractivity (Wildman–Crippen MR) is 72.3 cm³/mol. The first-order valence-corrected chi connectivity index (χ1v) is 7.24. The van der Waals surface area contributed by atoms with Gasteiger partial charge >= 0.3 is 5.97 Å². The lowest BCUT2D eigenvalue weighted by Gasteiger charge is -1.97. The van der Waals surface area contributed by atoms with Crippen molar-refractivity contribution in [3.8, 4) is 0 Å². The lowest BCUT2D eigenvalue weighted by atomic mass is 10.1. The Hall–Kier alpha value is -1.03. The zero-order valence-electron chi connectivity index (χ0n) is 11.5. The molecule has 0 atom stereocenters. The Morgan fingerprint density at radius 3 is 1.63 bits per heavy atom. The Morgan fingerprint density at radius 2 is 1.58 bits per heavy atom. The molecule has 8 nitrogen and oxygen atoms in total. The second kappa shape index (κ2) is 13.4. The maximum Gasteiger partial charge on any atom is 0.372 e. The Labute approximate surface area is 113 Å². The lowest BCUT2D eigenvalue weighted by Crippen LogP contribution is -2.14. The number of ketones is 1. The van der Waals surface area contributed by atoms with Gasteiger partial charge < -0.3 is 16.6 Å². The first-order valence-electron chi connectivity index (χ1n) is 5.63. The summed E-state index contributed by atoms with van der Waals surface area (Å²) in [5.41, 5.74) is 9.62. The zero-order chi connectivity index (χ0) is 16.1. The van der Waals surface area contributed by atoms with Crippen molar-refractivity contribution in [2.75, 3.05) is 18.8 Å². The molecule has 0 aromatic heterocycles. The van der Waals surface area contributed by atoms with Gasteiger partial charge in [0.25, 0.3) is 10.1 Å². The topological polar surface area (TPSA) is 161 Å². The van der Waals surface area contributed by atoms with E-state index < -0.39 is 21.9 Å². The largest absolute Gasteiger partial charge is 0.476 e. The minimum atomic E-state index is -3.80. The van der Waals surface area contributed by atoms with E-state index in [4.69, 9.17) is 21.1 Å². The molecule has 0 aliphatic heterocycles. The van der Waals surface area contributed by atoms with Gasteiger partial charge in [-0.05, 0) is 12.5 Å². The van der Waals surface area contributed by atoms with Crippen LogP contribution in [0.1, 0.15) is 27.2 Å². The monoisotopic (exact) mass is 300 g/mol. The number of nitrogens with two attached hydrogens (primary N) is 2. The molecule has 0 saturated heterocycles. The van der Waals surface area contributed by atoms with Crippen LogP contribution in [0.4, 0.5) is 0 Å². The van der Waals surface area contributed by atoms with Gasteiger partial charge in [-0.2, -0.15) is 8.42 Å². The number of carbonyl (C=O) groups excluding carboxylic acids is 1. The van der Waals surface area contributed by atoms with E-state index in [1.807, 2.05) is 6.92 Å². The van der Waals surface area contributed by atoms with Crippen molar-refractivity contribution in [1.82, 2.24) is 0 Å². The van der Waals surface area contributed by atoms with Gasteiger partial charge in [-0.1, -0.05) is 20.8 Å². The average Bonchev–Trinajstić information content (AvgIpc) is 2.16. The van der Waals surface area contributed by atoms with Crippen molar-refractivity contribution in [3.05, 3.63) is 0 Å². The van der Waals surface area contributed by atoms with E-state index in [2.05, 4.69) is 0 Å². The van der Waals surface area contributed by atoms with E-state index >= 15 is 0 Å². The van der Waals surface area contributed by atoms with Crippen molar-refractivity contribution in [1.29, 1.82) is 0 Å². The molecule has 6 N–H and O–H groups in total. The molecule has 116 valence electrons. The fourth-order valence-electron chi connectivity index (χ4n) is 0.607. The van der Waals surface area contributed by atoms with E-state index in [0.717, 1.165) is 6.54 Å². The fourth-order valence-corrected chi connectivity index (χ4v) is 0.905. The number of carboxylic acid groups (broad SMARTS) is 1. The fraction of sp³-hybridized carbons (Fsp3) is 0.800. The number of hydrogen-bond acceptors (Lipinski definition) is 6. The molecule has 0 unspecified atom stereocenters. The van der Waals surface area contributed by atoms with Crippen LogP contribution < -0.4 is 11.5 Å². The summed E-state index contributed by atoms with van der Waals surface area (Å²) in [6, 6.07) is 0. The highest BCUT2D eigenvalue weighted by molar-refractivity contribution is 7.85. The number of Topliss-reactive ketones (excluding diaryl/α,β-unsaturated/α-hetero) is 1. The summed E-state index contributed by atoms with van der Waals surface area (Å²) in [6.45, 7) is 6.24. The van der Waals surface area contributed by atoms with Gasteiger partial charge in [0, 0.05) is 13.0 Å². The van der Waals surface area contributed by atoms with Gasteiger partial charge in [-0.15, -0.1) is 0 Å². The van der Waals surface area contributed by atoms with Crippen LogP contribution in [-0.4, -0.2) is 48.7 Å². The molecule has 0 rings (SSSR count). The number of hydrogen-bond donors (Lipinski definition) is 4. The first-order chi connectivity index (χ1) is 8.51. The SMILES string of the molecule is CC(C)CC(=O)C(=O)O.CCN.NCCS(=O)(=O)O. The molecule has 0 spiro atoms. The molecule has 0 bridgehead atoms. The van der Waals surface area contributed by atoms with Crippen molar-refractivity contribution < 1.29 is 27.7 Å². The predicted octanol–water partition coefficient (Wildman–Crippen LogP) is -0.516. The highest BCUT2D eigenvalue weighted by atomic mass is 32.2. The van der Waals surface area contributed by atoms with Crippen LogP contribution in [-0.2, 0) is 19.7 Å². The second-order valence-corrected chi connectivity index (χ2v) is 5.38. The molecule has 0 aliphatic carbocycles. The molecular formula is C10H24N2O6S. The quantitative estimate of drug-likeness (QED) is 0.389. The van der Waals surface area contributed by atoms with Gasteiger partial charge in [0.1, 0.15) is 0 Å². The van der Waals surface area contributed by atoms with Crippen molar-refractivity contribution in [2.45, 2.75) is 27.2 Å². The van der Waals surface area contributed by atoms with E-state index in [-0.39, 0.29) is 24.6 Å². The van der Waals surface area contributed by atoms with Crippen LogP contribution in [0, 0.1) is 5.92 Å². The van der Waals surface area contributed by atoms with Crippen molar-refractivity contribution in [3.63, 3.8) is 0 Å². The summed E-state index contributed by atoms with van der Waals surface area (Å²) in [5, 5.41) is 8.08. The molecule has 9 heteroatoms. The Kier molecular flexibility index (Phi) is 16.3. The molecule has 0 aliphatic rings. The zero-order valence-corrected chi connectivity index (χ0v) is 12.3. The van der Waals surface area contributed by atoms with Gasteiger partial charge in [-0.3, -0.25) is 9.35 Å². The molecule has 0 fully saturated rings. The summed E-state index contributed by atoms with van der Waals surface area (Å²) in [6.07, 6.45) is 0.134. The molecule has 0 aromatic rings. The highest BCUT2D eigenvalue weighted by Crippen LogP contribution is 1.99. The summed E-state index contributed by atoms with van der Waals surface area (Å²) in [4.78, 5) is 20.2. The van der Waals surface area contributed by atoms with Gasteiger partial charge in [0.05, 0.1) is 5.75 Å². The number of carbonyl (C=O) groups is 2. The Bertz CT molecular complexity index is 340. The minimum absolute atomic E-state index is 0.0289. The second-order valence-electron chi connectivity index (χ2n) is 3.81. The summed E-state index contributed by atoms with van der Waals surface area (Å²) in [5.74, 6) is -2.25. The third-order valence-corrected chi connectivity index (χ3v) is 1.96. The standard InChI is InChI=1S/C6H10O3.C2H7NO3S.C2H7N/c1-4(2)3-5(7)6(8)9;3-1-2-7(4,5)6;1-2-3/h4H,3H2,1-2H3,(H,8,9);1-3H2,(H,4,5,6);2-3H2,1H3. The average molecular weight is 300 g/mol. The maximum absolute atomic E-state index is 10.4. The van der Waals surface area contributed by atoms with Crippen LogP contribution in [0.5, 0.6) is 0 Å². The smallest absolute Gasteiger partial charge is 0.372 e. The van der Waals surface area contributed by atoms with Crippen LogP contribution in [0.25, 0.3) is 0 Å². The number of rotatable bonds is 5. The Balaban J connectivity index is -0.000000228. The van der Waals surface area contributed by atoms with E-state index in [1.165, 1.54) is 0 Å². The maximum atomic E-state index is 10.4. The van der Waals surface area contributed by atoms with Crippen LogP contribution >= 0.6 is 0 Å².